The second kappa shape index (κ2) is 5.69. The van der Waals surface area contributed by atoms with Crippen LogP contribution in [-0.4, -0.2) is 27.0 Å². The zero-order valence-corrected chi connectivity index (χ0v) is 13.1. The van der Waals surface area contributed by atoms with Gasteiger partial charge in [-0.25, -0.2) is 4.98 Å². The highest BCUT2D eigenvalue weighted by Crippen LogP contribution is 2.34. The third kappa shape index (κ3) is 2.31. The highest BCUT2D eigenvalue weighted by molar-refractivity contribution is 7.99. The molecule has 0 amide bonds. The van der Waals surface area contributed by atoms with Gasteiger partial charge in [0.25, 0.3) is 5.56 Å². The Hall–Kier alpha value is -1.15. The van der Waals surface area contributed by atoms with E-state index in [0.717, 1.165) is 15.3 Å². The lowest BCUT2D eigenvalue weighted by Gasteiger charge is -2.06. The first-order valence-electron chi connectivity index (χ1n) is 5.98. The van der Waals surface area contributed by atoms with Crippen molar-refractivity contribution < 1.29 is 5.11 Å². The first-order valence-corrected chi connectivity index (χ1v) is 8.72. The molecular formula is C13H12N2O2S3. The number of aliphatic hydroxyl groups is 1. The Balaban J connectivity index is 2.20. The van der Waals surface area contributed by atoms with Crippen LogP contribution < -0.4 is 5.56 Å². The van der Waals surface area contributed by atoms with Crippen LogP contribution in [0.5, 0.6) is 0 Å². The van der Waals surface area contributed by atoms with Gasteiger partial charge in [0.2, 0.25) is 0 Å². The van der Waals surface area contributed by atoms with Crippen LogP contribution in [-0.2, 0) is 7.05 Å². The van der Waals surface area contributed by atoms with E-state index in [1.54, 1.807) is 23.0 Å². The minimum Gasteiger partial charge on any atom is -0.396 e. The minimum absolute atomic E-state index is 0.0277. The second-order valence-electron chi connectivity index (χ2n) is 4.14. The van der Waals surface area contributed by atoms with Crippen molar-refractivity contribution in [2.75, 3.05) is 12.4 Å². The molecule has 4 nitrogen and oxygen atoms in total. The third-order valence-electron chi connectivity index (χ3n) is 2.88. The van der Waals surface area contributed by atoms with Crippen molar-refractivity contribution in [3.63, 3.8) is 0 Å². The molecule has 1 N–H and O–H groups in total. The molecular weight excluding hydrogens is 312 g/mol. The van der Waals surface area contributed by atoms with E-state index in [-0.39, 0.29) is 12.2 Å². The van der Waals surface area contributed by atoms with Gasteiger partial charge in [0, 0.05) is 28.6 Å². The SMILES string of the molecule is Cn1c(SCCO)nc2scc(-c3cccs3)c2c1=O. The number of hydrogen-bond donors (Lipinski definition) is 1. The number of nitrogens with zero attached hydrogens (tertiary/aromatic N) is 2. The van der Waals surface area contributed by atoms with Crippen LogP contribution in [0.25, 0.3) is 20.7 Å². The van der Waals surface area contributed by atoms with Gasteiger partial charge in [-0.05, 0) is 11.4 Å². The predicted molar refractivity (Wildman–Crippen MR) is 86.0 cm³/mol. The number of aliphatic hydroxyl groups excluding tert-OH is 1. The fourth-order valence-electron chi connectivity index (χ4n) is 1.93. The molecule has 0 aliphatic heterocycles. The van der Waals surface area contributed by atoms with E-state index >= 15 is 0 Å². The van der Waals surface area contributed by atoms with Crippen molar-refractivity contribution in [1.82, 2.24) is 9.55 Å². The summed E-state index contributed by atoms with van der Waals surface area (Å²) in [5.41, 5.74) is 0.937. The van der Waals surface area contributed by atoms with Crippen molar-refractivity contribution in [3.05, 3.63) is 33.2 Å². The van der Waals surface area contributed by atoms with E-state index in [1.807, 2.05) is 22.9 Å². The zero-order valence-electron chi connectivity index (χ0n) is 10.7. The molecule has 0 spiro atoms. The van der Waals surface area contributed by atoms with Gasteiger partial charge in [-0.15, -0.1) is 22.7 Å². The molecule has 0 aliphatic carbocycles. The number of fused-ring (bicyclic) bond motifs is 1. The number of hydrogen-bond acceptors (Lipinski definition) is 6. The predicted octanol–water partition coefficient (Wildman–Crippen LogP) is 2.81. The lowest BCUT2D eigenvalue weighted by Crippen LogP contribution is -2.19. The number of thioether (sulfide) groups is 1. The van der Waals surface area contributed by atoms with Crippen LogP contribution in [0.3, 0.4) is 0 Å². The molecule has 0 aromatic carbocycles. The summed E-state index contributed by atoms with van der Waals surface area (Å²) in [7, 11) is 1.73. The molecule has 0 saturated carbocycles. The molecule has 104 valence electrons. The van der Waals surface area contributed by atoms with E-state index in [2.05, 4.69) is 4.98 Å². The van der Waals surface area contributed by atoms with Crippen LogP contribution in [0.15, 0.2) is 32.8 Å². The Labute approximate surface area is 127 Å². The molecule has 0 saturated heterocycles. The fraction of sp³-hybridized carbons (Fsp3) is 0.231. The summed E-state index contributed by atoms with van der Waals surface area (Å²) < 4.78 is 1.56. The first-order chi connectivity index (χ1) is 9.72. The fourth-order valence-corrected chi connectivity index (χ4v) is 4.45. The van der Waals surface area contributed by atoms with Gasteiger partial charge >= 0.3 is 0 Å². The molecule has 7 heteroatoms. The topological polar surface area (TPSA) is 55.1 Å². The van der Waals surface area contributed by atoms with E-state index in [0.29, 0.717) is 16.3 Å². The average molecular weight is 324 g/mol. The van der Waals surface area contributed by atoms with Crippen molar-refractivity contribution in [1.29, 1.82) is 0 Å². The Bertz CT molecular complexity index is 790. The van der Waals surface area contributed by atoms with Crippen molar-refractivity contribution in [2.24, 2.45) is 7.05 Å². The normalized spacial score (nSPS) is 11.3. The maximum atomic E-state index is 12.5. The molecule has 3 aromatic rings. The maximum absolute atomic E-state index is 12.5. The average Bonchev–Trinajstić information content (AvgIpc) is 3.09. The monoisotopic (exact) mass is 324 g/mol. The zero-order chi connectivity index (χ0) is 14.1. The van der Waals surface area contributed by atoms with E-state index in [9.17, 15) is 4.79 Å². The van der Waals surface area contributed by atoms with Crippen LogP contribution in [0, 0.1) is 0 Å². The summed E-state index contributed by atoms with van der Waals surface area (Å²) in [6.07, 6.45) is 0. The molecule has 20 heavy (non-hydrogen) atoms. The summed E-state index contributed by atoms with van der Waals surface area (Å²) in [5.74, 6) is 0.537. The number of aromatic nitrogens is 2. The van der Waals surface area contributed by atoms with Crippen LogP contribution in [0.1, 0.15) is 0 Å². The van der Waals surface area contributed by atoms with Gasteiger partial charge in [0.15, 0.2) is 5.16 Å². The molecule has 0 fully saturated rings. The lowest BCUT2D eigenvalue weighted by atomic mass is 10.2. The highest BCUT2D eigenvalue weighted by atomic mass is 32.2. The second-order valence-corrected chi connectivity index (χ2v) is 7.01. The van der Waals surface area contributed by atoms with Gasteiger partial charge in [-0.2, -0.15) is 0 Å². The van der Waals surface area contributed by atoms with Crippen LogP contribution >= 0.6 is 34.4 Å². The van der Waals surface area contributed by atoms with Crippen molar-refractivity contribution in [3.8, 4) is 10.4 Å². The Morgan fingerprint density at radius 2 is 2.30 bits per heavy atom. The maximum Gasteiger partial charge on any atom is 0.263 e. The highest BCUT2D eigenvalue weighted by Gasteiger charge is 2.15. The Morgan fingerprint density at radius 3 is 3.00 bits per heavy atom. The largest absolute Gasteiger partial charge is 0.396 e. The van der Waals surface area contributed by atoms with E-state index in [4.69, 9.17) is 5.11 Å². The molecule has 3 rings (SSSR count). The molecule has 0 unspecified atom stereocenters. The molecule has 3 heterocycles. The van der Waals surface area contributed by atoms with Crippen LogP contribution in [0.4, 0.5) is 0 Å². The number of thiophene rings is 2. The summed E-state index contributed by atoms with van der Waals surface area (Å²) >= 11 is 4.50. The number of rotatable bonds is 4. The smallest absolute Gasteiger partial charge is 0.263 e. The summed E-state index contributed by atoms with van der Waals surface area (Å²) in [6, 6.07) is 3.99. The molecule has 3 aromatic heterocycles. The Morgan fingerprint density at radius 1 is 1.45 bits per heavy atom. The molecule has 0 aliphatic rings. The van der Waals surface area contributed by atoms with Gasteiger partial charge in [0.05, 0.1) is 12.0 Å². The van der Waals surface area contributed by atoms with Gasteiger partial charge in [-0.3, -0.25) is 9.36 Å². The Kier molecular flexibility index (Phi) is 3.93. The standard InChI is InChI=1S/C13H12N2O2S3/c1-15-12(17)10-8(9-3-2-5-18-9)7-20-11(10)14-13(15)19-6-4-16/h2-3,5,7,16H,4,6H2,1H3. The lowest BCUT2D eigenvalue weighted by molar-refractivity contribution is 0.322. The van der Waals surface area contributed by atoms with Gasteiger partial charge in [0.1, 0.15) is 4.83 Å². The first kappa shape index (κ1) is 13.8. The van der Waals surface area contributed by atoms with Crippen molar-refractivity contribution in [2.45, 2.75) is 5.16 Å². The van der Waals surface area contributed by atoms with E-state index in [1.165, 1.54) is 23.1 Å². The summed E-state index contributed by atoms with van der Waals surface area (Å²) in [5, 5.41) is 14.2. The van der Waals surface area contributed by atoms with Gasteiger partial charge < -0.3 is 5.11 Å². The summed E-state index contributed by atoms with van der Waals surface area (Å²) in [4.78, 5) is 18.9. The minimum atomic E-state index is -0.0277. The quantitative estimate of drug-likeness (QED) is 0.592. The van der Waals surface area contributed by atoms with Gasteiger partial charge in [-0.1, -0.05) is 17.8 Å². The molecule has 0 bridgehead atoms. The van der Waals surface area contributed by atoms with Crippen molar-refractivity contribution >= 4 is 44.7 Å². The summed E-state index contributed by atoms with van der Waals surface area (Å²) in [6.45, 7) is 0.0729. The van der Waals surface area contributed by atoms with Crippen LogP contribution in [0.2, 0.25) is 0 Å². The molecule has 0 atom stereocenters. The molecule has 0 radical (unpaired) electrons. The van der Waals surface area contributed by atoms with E-state index < -0.39 is 0 Å². The third-order valence-corrected chi connectivity index (χ3v) is 5.67.